The van der Waals surface area contributed by atoms with Crippen molar-refractivity contribution in [3.8, 4) is 10.6 Å². The lowest BCUT2D eigenvalue weighted by atomic mass is 9.82. The van der Waals surface area contributed by atoms with Crippen LogP contribution in [-0.4, -0.2) is 62.7 Å². The third-order valence-electron chi connectivity index (χ3n) is 6.09. The Morgan fingerprint density at radius 3 is 2.81 bits per heavy atom. The number of carboxylic acids is 1. The monoisotopic (exact) mass is 540 g/mol. The molecule has 0 aliphatic carbocycles. The Morgan fingerprint density at radius 2 is 2.14 bits per heavy atom. The Kier molecular flexibility index (Phi) is 6.43. The standard InChI is InChI=1S/C23H21N7O5S2/c1-29-7-3-4-11(8-29)20-25-13(9-36-20)12-5-6-15-17(21(32)30(15)18(12)22(33)34)27-19(31)16(28-35-2)14-10-37-23(24)26-14/h3-4,7-10,15,17H,5-6H2,1-2H3,(H3-,24,26,27,31,33,34)/p+1/b28-16+/t15-,17+/m1/s1. The van der Waals surface area contributed by atoms with Crippen LogP contribution >= 0.6 is 22.7 Å². The molecule has 37 heavy (non-hydrogen) atoms. The molecule has 0 bridgehead atoms. The molecule has 3 aromatic heterocycles. The number of allylic oxidation sites excluding steroid dienone is 1. The predicted octanol–water partition coefficient (Wildman–Crippen LogP) is 1.01. The van der Waals surface area contributed by atoms with Crippen molar-refractivity contribution in [3.63, 3.8) is 0 Å². The largest absolute Gasteiger partial charge is 0.477 e. The molecule has 4 N–H and O–H groups in total. The Morgan fingerprint density at radius 1 is 1.32 bits per heavy atom. The van der Waals surface area contributed by atoms with Gasteiger partial charge in [0.1, 0.15) is 36.6 Å². The average Bonchev–Trinajstić information content (AvgIpc) is 3.54. The number of nitrogens with zero attached hydrogens (tertiary/aromatic N) is 5. The normalized spacial score (nSPS) is 19.4. The lowest BCUT2D eigenvalue weighted by molar-refractivity contribution is -0.671. The molecule has 2 amide bonds. The lowest BCUT2D eigenvalue weighted by Crippen LogP contribution is -2.72. The molecular weight excluding hydrogens is 518 g/mol. The van der Waals surface area contributed by atoms with Gasteiger partial charge >= 0.3 is 5.97 Å². The molecule has 0 radical (unpaired) electrons. The Labute approximate surface area is 218 Å². The van der Waals surface area contributed by atoms with Gasteiger partial charge in [0.05, 0.1) is 17.3 Å². The van der Waals surface area contributed by atoms with E-state index in [0.29, 0.717) is 24.1 Å². The third kappa shape index (κ3) is 4.44. The van der Waals surface area contributed by atoms with Crippen molar-refractivity contribution in [2.75, 3.05) is 12.8 Å². The van der Waals surface area contributed by atoms with E-state index in [1.54, 1.807) is 10.8 Å². The summed E-state index contributed by atoms with van der Waals surface area (Å²) >= 11 is 2.54. The molecule has 2 aliphatic heterocycles. The first-order chi connectivity index (χ1) is 17.8. The van der Waals surface area contributed by atoms with Crippen molar-refractivity contribution < 1.29 is 28.9 Å². The topological polar surface area (TPSA) is 164 Å². The molecule has 1 fully saturated rings. The summed E-state index contributed by atoms with van der Waals surface area (Å²) in [5.41, 5.74) is 7.56. The van der Waals surface area contributed by atoms with Crippen LogP contribution < -0.4 is 15.6 Å². The highest BCUT2D eigenvalue weighted by atomic mass is 32.1. The molecule has 0 aromatic carbocycles. The third-order valence-corrected chi connectivity index (χ3v) is 7.65. The quantitative estimate of drug-likeness (QED) is 0.173. The maximum Gasteiger partial charge on any atom is 0.352 e. The SMILES string of the molecule is CO/N=C(/C(=O)N[C@@H]1C(=O)N2C(C(=O)O)=C(c3csc(-c4ccc[n+](C)c4)n3)CC[C@H]12)c1csc(N)n1. The summed E-state index contributed by atoms with van der Waals surface area (Å²) in [4.78, 5) is 53.0. The summed E-state index contributed by atoms with van der Waals surface area (Å²) in [5, 5.41) is 20.8. The zero-order valence-corrected chi connectivity index (χ0v) is 21.4. The van der Waals surface area contributed by atoms with E-state index in [1.165, 1.54) is 23.3 Å². The number of nitrogen functional groups attached to an aromatic ring is 1. The van der Waals surface area contributed by atoms with Gasteiger partial charge in [0.15, 0.2) is 23.2 Å². The molecule has 14 heteroatoms. The number of carboxylic acid groups (broad SMARTS) is 1. The summed E-state index contributed by atoms with van der Waals surface area (Å²) in [6.45, 7) is 0. The number of pyridine rings is 1. The second-order valence-corrected chi connectivity index (χ2v) is 10.1. The fourth-order valence-electron chi connectivity index (χ4n) is 4.47. The number of β-lactam (4-membered cyclic amide) rings is 1. The van der Waals surface area contributed by atoms with Gasteiger partial charge in [-0.05, 0) is 18.9 Å². The molecule has 0 unspecified atom stereocenters. The van der Waals surface area contributed by atoms with Crippen molar-refractivity contribution in [2.45, 2.75) is 24.9 Å². The first-order valence-corrected chi connectivity index (χ1v) is 12.9. The Balaban J connectivity index is 1.39. The summed E-state index contributed by atoms with van der Waals surface area (Å²) in [7, 11) is 3.19. The molecular formula is C23H22N7O5S2+. The fraction of sp³-hybridized carbons (Fsp3) is 0.261. The van der Waals surface area contributed by atoms with E-state index in [9.17, 15) is 19.5 Å². The number of nitrogens with one attached hydrogen (secondary N) is 1. The maximum absolute atomic E-state index is 13.1. The number of oxime groups is 1. The Hall–Kier alpha value is -4.17. The van der Waals surface area contributed by atoms with Crippen molar-refractivity contribution in [2.24, 2.45) is 12.2 Å². The zero-order chi connectivity index (χ0) is 26.3. The van der Waals surface area contributed by atoms with Crippen LogP contribution in [0.3, 0.4) is 0 Å². The van der Waals surface area contributed by atoms with E-state index in [-0.39, 0.29) is 22.2 Å². The molecule has 5 heterocycles. The van der Waals surface area contributed by atoms with Crippen molar-refractivity contribution in [1.82, 2.24) is 20.2 Å². The zero-order valence-electron chi connectivity index (χ0n) is 19.7. The van der Waals surface area contributed by atoms with Crippen LogP contribution in [0.4, 0.5) is 5.13 Å². The van der Waals surface area contributed by atoms with E-state index < -0.39 is 29.9 Å². The smallest absolute Gasteiger partial charge is 0.352 e. The number of carbonyl (C=O) groups excluding carboxylic acids is 2. The summed E-state index contributed by atoms with van der Waals surface area (Å²) in [5.74, 6) is -2.41. The number of carbonyl (C=O) groups is 3. The number of aryl methyl sites for hydroxylation is 1. The highest BCUT2D eigenvalue weighted by molar-refractivity contribution is 7.13. The molecule has 0 saturated carbocycles. The first kappa shape index (κ1) is 24.5. The van der Waals surface area contributed by atoms with Crippen LogP contribution in [0.2, 0.25) is 0 Å². The van der Waals surface area contributed by atoms with E-state index in [0.717, 1.165) is 21.9 Å². The number of hydrogen-bond acceptors (Lipinski definition) is 10. The number of anilines is 1. The molecule has 0 spiro atoms. The minimum atomic E-state index is -1.22. The summed E-state index contributed by atoms with van der Waals surface area (Å²) < 4.78 is 1.91. The van der Waals surface area contributed by atoms with Crippen LogP contribution in [0.15, 0.2) is 46.1 Å². The van der Waals surface area contributed by atoms with Gasteiger partial charge in [0.25, 0.3) is 11.8 Å². The minimum Gasteiger partial charge on any atom is -0.477 e. The van der Waals surface area contributed by atoms with Crippen molar-refractivity contribution >= 4 is 56.9 Å². The molecule has 12 nitrogen and oxygen atoms in total. The number of aliphatic carboxylic acids is 1. The molecule has 5 rings (SSSR count). The van der Waals surface area contributed by atoms with Gasteiger partial charge in [-0.15, -0.1) is 22.7 Å². The number of aromatic nitrogens is 3. The lowest BCUT2D eigenvalue weighted by Gasteiger charge is -2.50. The highest BCUT2D eigenvalue weighted by Gasteiger charge is 2.54. The van der Waals surface area contributed by atoms with Crippen LogP contribution in [0, 0.1) is 0 Å². The fourth-order valence-corrected chi connectivity index (χ4v) is 5.85. The number of rotatable bonds is 7. The van der Waals surface area contributed by atoms with Crippen molar-refractivity contribution in [3.05, 3.63) is 52.4 Å². The van der Waals surface area contributed by atoms with E-state index in [1.807, 2.05) is 36.1 Å². The number of hydrogen-bond donors (Lipinski definition) is 3. The van der Waals surface area contributed by atoms with Gasteiger partial charge in [-0.3, -0.25) is 14.5 Å². The minimum absolute atomic E-state index is 0.111. The van der Waals surface area contributed by atoms with Gasteiger partial charge < -0.3 is 21.0 Å². The molecule has 1 saturated heterocycles. The predicted molar refractivity (Wildman–Crippen MR) is 135 cm³/mol. The molecule has 2 aliphatic rings. The van der Waals surface area contributed by atoms with Gasteiger partial charge in [0.2, 0.25) is 0 Å². The van der Waals surface area contributed by atoms with Crippen molar-refractivity contribution in [1.29, 1.82) is 0 Å². The summed E-state index contributed by atoms with van der Waals surface area (Å²) in [6, 6.07) is 2.42. The average molecular weight is 541 g/mol. The number of fused-ring (bicyclic) bond motifs is 1. The van der Waals surface area contributed by atoms with Crippen LogP contribution in [0.25, 0.3) is 16.1 Å². The van der Waals surface area contributed by atoms with Crippen LogP contribution in [0.5, 0.6) is 0 Å². The van der Waals surface area contributed by atoms with Gasteiger partial charge in [-0.1, -0.05) is 5.16 Å². The number of amides is 2. The van der Waals surface area contributed by atoms with Crippen LogP contribution in [0.1, 0.15) is 24.2 Å². The van der Waals surface area contributed by atoms with E-state index in [4.69, 9.17) is 10.6 Å². The number of thiazole rings is 2. The maximum atomic E-state index is 13.1. The van der Waals surface area contributed by atoms with Crippen LogP contribution in [-0.2, 0) is 26.3 Å². The van der Waals surface area contributed by atoms with Gasteiger partial charge in [-0.25, -0.2) is 19.3 Å². The number of nitrogens with two attached hydrogens (primary N) is 1. The molecule has 2 atom stereocenters. The molecule has 3 aromatic rings. The second kappa shape index (κ2) is 9.71. The van der Waals surface area contributed by atoms with Gasteiger partial charge in [-0.2, -0.15) is 0 Å². The highest BCUT2D eigenvalue weighted by Crippen LogP contribution is 2.41. The second-order valence-electron chi connectivity index (χ2n) is 8.39. The molecule has 190 valence electrons. The van der Waals surface area contributed by atoms with E-state index >= 15 is 0 Å². The summed E-state index contributed by atoms with van der Waals surface area (Å²) in [6.07, 6.45) is 4.68. The Bertz CT molecular complexity index is 1480. The van der Waals surface area contributed by atoms with Gasteiger partial charge in [0, 0.05) is 22.4 Å². The first-order valence-electron chi connectivity index (χ1n) is 11.1. The van der Waals surface area contributed by atoms with E-state index in [2.05, 4.69) is 20.4 Å².